The Hall–Kier alpha value is -1.06. The Bertz CT molecular complexity index is 325. The Morgan fingerprint density at radius 1 is 1.15 bits per heavy atom. The molecule has 1 N–H and O–H groups in total. The Morgan fingerprint density at radius 3 is 2.25 bits per heavy atom. The summed E-state index contributed by atoms with van der Waals surface area (Å²) in [5.41, 5.74) is 0.379. The quantitative estimate of drug-likeness (QED) is 0.623. The summed E-state index contributed by atoms with van der Waals surface area (Å²) < 4.78 is 5.14. The van der Waals surface area contributed by atoms with Gasteiger partial charge in [-0.25, -0.2) is 0 Å². The minimum absolute atomic E-state index is 0.0958. The molecule has 1 aliphatic rings. The molecule has 1 aliphatic carbocycles. The molecular weight excluding hydrogens is 254 g/mol. The number of nitrogens with one attached hydrogen (secondary N) is 1. The third-order valence-electron chi connectivity index (χ3n) is 4.27. The van der Waals surface area contributed by atoms with Crippen LogP contribution in [0.4, 0.5) is 0 Å². The van der Waals surface area contributed by atoms with Gasteiger partial charge in [-0.2, -0.15) is 0 Å². The summed E-state index contributed by atoms with van der Waals surface area (Å²) in [6.07, 6.45) is 5.21. The lowest BCUT2D eigenvalue weighted by Crippen LogP contribution is -2.28. The maximum atomic E-state index is 11.7. The normalized spacial score (nSPS) is 23.2. The molecule has 116 valence electrons. The van der Waals surface area contributed by atoms with Crippen LogP contribution < -0.4 is 5.32 Å². The maximum absolute atomic E-state index is 11.7. The molecule has 0 atom stereocenters. The fraction of sp³-hybridized carbons (Fsp3) is 0.875. The fourth-order valence-electron chi connectivity index (χ4n) is 2.92. The lowest BCUT2D eigenvalue weighted by molar-refractivity contribution is -0.145. The molecule has 1 saturated carbocycles. The lowest BCUT2D eigenvalue weighted by atomic mass is 9.69. The van der Waals surface area contributed by atoms with Gasteiger partial charge in [0.2, 0.25) is 5.91 Å². The molecule has 0 aliphatic heterocycles. The molecule has 0 bridgehead atoms. The summed E-state index contributed by atoms with van der Waals surface area (Å²) in [4.78, 5) is 22.4. The molecule has 4 heteroatoms. The molecule has 0 aromatic rings. The Morgan fingerprint density at radius 2 is 1.75 bits per heavy atom. The zero-order chi connectivity index (χ0) is 15.2. The molecular formula is C16H29NO3. The standard InChI is InChI=1S/C16H29NO3/c1-12(18)17-9-10-20-15(19)11-13-5-7-14(8-6-13)16(2,3)4/h13-14H,5-11H2,1-4H3,(H,17,18). The van der Waals surface area contributed by atoms with Crippen LogP contribution in [0.1, 0.15) is 59.8 Å². The number of hydrogen-bond acceptors (Lipinski definition) is 3. The number of carbonyl (C=O) groups excluding carboxylic acids is 2. The summed E-state index contributed by atoms with van der Waals surface area (Å²) >= 11 is 0. The molecule has 0 aromatic heterocycles. The van der Waals surface area contributed by atoms with Gasteiger partial charge in [-0.3, -0.25) is 9.59 Å². The SMILES string of the molecule is CC(=O)NCCOC(=O)CC1CCC(C(C)(C)C)CC1. The zero-order valence-electron chi connectivity index (χ0n) is 13.3. The molecule has 20 heavy (non-hydrogen) atoms. The molecule has 0 spiro atoms. The van der Waals surface area contributed by atoms with Gasteiger partial charge in [-0.1, -0.05) is 20.8 Å². The van der Waals surface area contributed by atoms with E-state index in [1.54, 1.807) is 0 Å². The van der Waals surface area contributed by atoms with Crippen molar-refractivity contribution in [1.29, 1.82) is 0 Å². The number of carbonyl (C=O) groups is 2. The third kappa shape index (κ3) is 6.40. The van der Waals surface area contributed by atoms with Crippen molar-refractivity contribution in [2.24, 2.45) is 17.3 Å². The van der Waals surface area contributed by atoms with E-state index in [1.165, 1.54) is 19.8 Å². The monoisotopic (exact) mass is 283 g/mol. The second-order valence-corrected chi connectivity index (χ2v) is 6.99. The van der Waals surface area contributed by atoms with E-state index < -0.39 is 0 Å². The van der Waals surface area contributed by atoms with Crippen LogP contribution in [0.5, 0.6) is 0 Å². The van der Waals surface area contributed by atoms with Gasteiger partial charge in [-0.05, 0) is 42.9 Å². The van der Waals surface area contributed by atoms with Crippen LogP contribution in [0.2, 0.25) is 0 Å². The summed E-state index contributed by atoms with van der Waals surface area (Å²) in [5.74, 6) is 1.02. The van der Waals surface area contributed by atoms with Gasteiger partial charge in [0.15, 0.2) is 0 Å². The van der Waals surface area contributed by atoms with E-state index in [1.807, 2.05) is 0 Å². The highest BCUT2D eigenvalue weighted by atomic mass is 16.5. The van der Waals surface area contributed by atoms with Crippen LogP contribution in [-0.4, -0.2) is 25.0 Å². The molecule has 4 nitrogen and oxygen atoms in total. The number of rotatable bonds is 5. The molecule has 1 rings (SSSR count). The minimum Gasteiger partial charge on any atom is -0.464 e. The first kappa shape index (κ1) is 17.0. The van der Waals surface area contributed by atoms with Gasteiger partial charge in [0.25, 0.3) is 0 Å². The van der Waals surface area contributed by atoms with E-state index in [2.05, 4.69) is 26.1 Å². The highest BCUT2D eigenvalue weighted by molar-refractivity contribution is 5.73. The summed E-state index contributed by atoms with van der Waals surface area (Å²) in [5, 5.41) is 2.61. The van der Waals surface area contributed by atoms with Gasteiger partial charge in [-0.15, -0.1) is 0 Å². The van der Waals surface area contributed by atoms with Crippen molar-refractivity contribution in [3.05, 3.63) is 0 Å². The van der Waals surface area contributed by atoms with Crippen LogP contribution in [0.25, 0.3) is 0 Å². The Labute approximate surface area is 122 Å². The summed E-state index contributed by atoms with van der Waals surface area (Å²) in [6, 6.07) is 0. The second-order valence-electron chi connectivity index (χ2n) is 6.99. The van der Waals surface area contributed by atoms with Crippen molar-refractivity contribution in [3.8, 4) is 0 Å². The first-order valence-corrected chi connectivity index (χ1v) is 7.69. The van der Waals surface area contributed by atoms with Gasteiger partial charge in [0.05, 0.1) is 6.54 Å². The number of hydrogen-bond donors (Lipinski definition) is 1. The predicted octanol–water partition coefficient (Wildman–Crippen LogP) is 2.91. The molecule has 0 heterocycles. The smallest absolute Gasteiger partial charge is 0.306 e. The van der Waals surface area contributed by atoms with Crippen molar-refractivity contribution in [1.82, 2.24) is 5.32 Å². The number of ether oxygens (including phenoxy) is 1. The highest BCUT2D eigenvalue weighted by Gasteiger charge is 2.30. The van der Waals surface area contributed by atoms with E-state index >= 15 is 0 Å². The average Bonchev–Trinajstić information content (AvgIpc) is 2.34. The highest BCUT2D eigenvalue weighted by Crippen LogP contribution is 2.40. The van der Waals surface area contributed by atoms with Gasteiger partial charge < -0.3 is 10.1 Å². The average molecular weight is 283 g/mol. The molecule has 0 radical (unpaired) electrons. The summed E-state index contributed by atoms with van der Waals surface area (Å²) in [6.45, 7) is 9.03. The topological polar surface area (TPSA) is 55.4 Å². The molecule has 1 fully saturated rings. The molecule has 0 saturated heterocycles. The number of esters is 1. The molecule has 0 aromatic carbocycles. The lowest BCUT2D eigenvalue weighted by Gasteiger charge is -2.36. The van der Waals surface area contributed by atoms with E-state index in [0.29, 0.717) is 24.3 Å². The van der Waals surface area contributed by atoms with Crippen LogP contribution in [0, 0.1) is 17.3 Å². The van der Waals surface area contributed by atoms with Crippen LogP contribution >= 0.6 is 0 Å². The van der Waals surface area contributed by atoms with E-state index in [4.69, 9.17) is 4.74 Å². The summed E-state index contributed by atoms with van der Waals surface area (Å²) in [7, 11) is 0. The van der Waals surface area contributed by atoms with Crippen LogP contribution in [-0.2, 0) is 14.3 Å². The Kier molecular flexibility index (Phi) is 6.50. The van der Waals surface area contributed by atoms with Crippen molar-refractivity contribution in [3.63, 3.8) is 0 Å². The van der Waals surface area contributed by atoms with Crippen molar-refractivity contribution < 1.29 is 14.3 Å². The van der Waals surface area contributed by atoms with Gasteiger partial charge >= 0.3 is 5.97 Å². The first-order chi connectivity index (χ1) is 9.29. The second kappa shape index (κ2) is 7.65. The van der Waals surface area contributed by atoms with Gasteiger partial charge in [0.1, 0.15) is 6.61 Å². The first-order valence-electron chi connectivity index (χ1n) is 7.69. The third-order valence-corrected chi connectivity index (χ3v) is 4.27. The predicted molar refractivity (Wildman–Crippen MR) is 79.2 cm³/mol. The minimum atomic E-state index is -0.130. The van der Waals surface area contributed by atoms with Gasteiger partial charge in [0, 0.05) is 13.3 Å². The zero-order valence-corrected chi connectivity index (χ0v) is 13.3. The fourth-order valence-corrected chi connectivity index (χ4v) is 2.92. The molecule has 1 amide bonds. The van der Waals surface area contributed by atoms with Crippen molar-refractivity contribution in [2.75, 3.05) is 13.2 Å². The van der Waals surface area contributed by atoms with Crippen LogP contribution in [0.3, 0.4) is 0 Å². The Balaban J connectivity index is 2.17. The van der Waals surface area contributed by atoms with Crippen molar-refractivity contribution in [2.45, 2.75) is 59.8 Å². The maximum Gasteiger partial charge on any atom is 0.306 e. The van der Waals surface area contributed by atoms with E-state index in [-0.39, 0.29) is 18.5 Å². The largest absolute Gasteiger partial charge is 0.464 e. The van der Waals surface area contributed by atoms with Crippen molar-refractivity contribution >= 4 is 11.9 Å². The van der Waals surface area contributed by atoms with E-state index in [9.17, 15) is 9.59 Å². The number of amides is 1. The molecule has 0 unspecified atom stereocenters. The van der Waals surface area contributed by atoms with E-state index in [0.717, 1.165) is 18.8 Å². The van der Waals surface area contributed by atoms with Crippen LogP contribution in [0.15, 0.2) is 0 Å².